The average molecular weight is 383 g/mol. The summed E-state index contributed by atoms with van der Waals surface area (Å²) in [5.41, 5.74) is 0.986. The average Bonchev–Trinajstić information content (AvgIpc) is 3.02. The highest BCUT2D eigenvalue weighted by Gasteiger charge is 2.39. The maximum atomic E-state index is 12.4. The molecule has 0 aromatic heterocycles. The molecular formula is C21H21NO6. The van der Waals surface area contributed by atoms with Crippen LogP contribution >= 0.6 is 0 Å². The number of carbonyl (C=O) groups excluding carboxylic acids is 2. The summed E-state index contributed by atoms with van der Waals surface area (Å²) in [6, 6.07) is 10.9. The van der Waals surface area contributed by atoms with Gasteiger partial charge in [-0.2, -0.15) is 0 Å². The Morgan fingerprint density at radius 2 is 1.71 bits per heavy atom. The zero-order chi connectivity index (χ0) is 20.3. The molecule has 1 aliphatic heterocycles. The van der Waals surface area contributed by atoms with Crippen LogP contribution in [0.2, 0.25) is 0 Å². The molecule has 28 heavy (non-hydrogen) atoms. The summed E-state index contributed by atoms with van der Waals surface area (Å²) in [7, 11) is 3.01. The van der Waals surface area contributed by atoms with Crippen molar-refractivity contribution < 1.29 is 28.9 Å². The smallest absolute Gasteiger partial charge is 0.293 e. The normalized spacial score (nSPS) is 17.9. The van der Waals surface area contributed by atoms with Gasteiger partial charge in [0.25, 0.3) is 11.7 Å². The number of ketones is 1. The van der Waals surface area contributed by atoms with Crippen molar-refractivity contribution in [1.29, 1.82) is 0 Å². The van der Waals surface area contributed by atoms with Crippen LogP contribution in [0.4, 0.5) is 0 Å². The van der Waals surface area contributed by atoms with E-state index >= 15 is 0 Å². The first-order valence-corrected chi connectivity index (χ1v) is 8.73. The quantitative estimate of drug-likeness (QED) is 0.453. The van der Waals surface area contributed by atoms with E-state index in [1.165, 1.54) is 14.2 Å². The van der Waals surface area contributed by atoms with Crippen molar-refractivity contribution in [2.45, 2.75) is 13.0 Å². The van der Waals surface area contributed by atoms with Crippen LogP contribution in [0.15, 0.2) is 48.0 Å². The van der Waals surface area contributed by atoms with Crippen molar-refractivity contribution in [3.05, 3.63) is 59.2 Å². The second-order valence-corrected chi connectivity index (χ2v) is 6.07. The van der Waals surface area contributed by atoms with Crippen LogP contribution in [0.25, 0.3) is 5.76 Å². The largest absolute Gasteiger partial charge is 0.507 e. The fourth-order valence-electron chi connectivity index (χ4n) is 3.08. The molecule has 2 aromatic carbocycles. The lowest BCUT2D eigenvalue weighted by Gasteiger charge is -2.16. The van der Waals surface area contributed by atoms with Crippen molar-refractivity contribution in [2.24, 2.45) is 0 Å². The van der Waals surface area contributed by atoms with Crippen LogP contribution < -0.4 is 19.5 Å². The highest BCUT2D eigenvalue weighted by molar-refractivity contribution is 6.46. The van der Waals surface area contributed by atoms with Crippen LogP contribution in [0.1, 0.15) is 24.1 Å². The number of aliphatic hydroxyl groups is 1. The highest BCUT2D eigenvalue weighted by atomic mass is 16.5. The van der Waals surface area contributed by atoms with E-state index in [-0.39, 0.29) is 11.3 Å². The van der Waals surface area contributed by atoms with E-state index in [0.29, 0.717) is 35.0 Å². The number of amides is 1. The predicted octanol–water partition coefficient (Wildman–Crippen LogP) is 2.81. The molecule has 0 unspecified atom stereocenters. The maximum absolute atomic E-state index is 12.4. The maximum Gasteiger partial charge on any atom is 0.293 e. The Kier molecular flexibility index (Phi) is 5.54. The molecule has 7 nitrogen and oxygen atoms in total. The van der Waals surface area contributed by atoms with E-state index in [4.69, 9.17) is 14.2 Å². The molecule has 0 bridgehead atoms. The molecule has 1 aliphatic rings. The lowest BCUT2D eigenvalue weighted by molar-refractivity contribution is -0.133. The Balaban J connectivity index is 2.05. The Bertz CT molecular complexity index is 932. The third kappa shape index (κ3) is 3.51. The van der Waals surface area contributed by atoms with E-state index in [1.807, 2.05) is 6.92 Å². The van der Waals surface area contributed by atoms with E-state index < -0.39 is 17.7 Å². The number of hydrogen-bond donors (Lipinski definition) is 2. The molecule has 1 fully saturated rings. The fraction of sp³-hybridized carbons (Fsp3) is 0.238. The van der Waals surface area contributed by atoms with Crippen LogP contribution in [0.3, 0.4) is 0 Å². The lowest BCUT2D eigenvalue weighted by Crippen LogP contribution is -2.21. The third-order valence-electron chi connectivity index (χ3n) is 4.45. The zero-order valence-electron chi connectivity index (χ0n) is 15.8. The summed E-state index contributed by atoms with van der Waals surface area (Å²) in [4.78, 5) is 24.5. The molecule has 1 atom stereocenters. The Morgan fingerprint density at radius 1 is 1.04 bits per heavy atom. The summed E-state index contributed by atoms with van der Waals surface area (Å²) in [6.45, 7) is 2.39. The lowest BCUT2D eigenvalue weighted by atomic mass is 9.95. The van der Waals surface area contributed by atoms with Gasteiger partial charge in [-0.25, -0.2) is 0 Å². The molecule has 3 rings (SSSR count). The van der Waals surface area contributed by atoms with E-state index in [1.54, 1.807) is 42.5 Å². The van der Waals surface area contributed by atoms with Gasteiger partial charge in [0.1, 0.15) is 11.5 Å². The molecule has 7 heteroatoms. The molecular weight excluding hydrogens is 362 g/mol. The number of methoxy groups -OCH3 is 2. The molecule has 146 valence electrons. The number of Topliss-reactive ketones (excluding diaryl/α,β-unsaturated/α-hetero) is 1. The number of hydrogen-bond acceptors (Lipinski definition) is 6. The topological polar surface area (TPSA) is 94.1 Å². The molecule has 1 saturated heterocycles. The molecule has 0 radical (unpaired) electrons. The van der Waals surface area contributed by atoms with Crippen molar-refractivity contribution in [3.8, 4) is 17.2 Å². The minimum absolute atomic E-state index is 0.0126. The van der Waals surface area contributed by atoms with Gasteiger partial charge in [-0.1, -0.05) is 6.07 Å². The molecule has 2 aromatic rings. The number of ether oxygens (including phenoxy) is 3. The Labute approximate surface area is 162 Å². The van der Waals surface area contributed by atoms with Gasteiger partial charge in [-0.05, 0) is 48.9 Å². The van der Waals surface area contributed by atoms with Crippen molar-refractivity contribution in [2.75, 3.05) is 20.8 Å². The molecule has 0 saturated carbocycles. The van der Waals surface area contributed by atoms with E-state index in [2.05, 4.69) is 5.32 Å². The monoisotopic (exact) mass is 383 g/mol. The van der Waals surface area contributed by atoms with Gasteiger partial charge in [-0.15, -0.1) is 0 Å². The summed E-state index contributed by atoms with van der Waals surface area (Å²) in [6.07, 6.45) is 0. The van der Waals surface area contributed by atoms with Gasteiger partial charge >= 0.3 is 0 Å². The summed E-state index contributed by atoms with van der Waals surface area (Å²) >= 11 is 0. The Hall–Kier alpha value is -3.48. The number of aliphatic hydroxyl groups excluding tert-OH is 1. The van der Waals surface area contributed by atoms with Crippen LogP contribution in [0, 0.1) is 0 Å². The molecule has 2 N–H and O–H groups in total. The van der Waals surface area contributed by atoms with Crippen molar-refractivity contribution in [1.82, 2.24) is 5.32 Å². The summed E-state index contributed by atoms with van der Waals surface area (Å²) in [5.74, 6) is -0.186. The standard InChI is InChI=1S/C21H21NO6/c1-4-28-14-8-5-12(6-9-14)19(23)17-18(22-21(25)20(17)24)13-7-10-15(26-2)16(11-13)27-3/h5-11,18,23H,4H2,1-3H3,(H,22,25)/t18-/m1/s1. The first-order valence-electron chi connectivity index (χ1n) is 8.73. The molecule has 0 spiro atoms. The van der Waals surface area contributed by atoms with Crippen LogP contribution in [-0.4, -0.2) is 37.6 Å². The number of carbonyl (C=O) groups is 2. The fourth-order valence-corrected chi connectivity index (χ4v) is 3.08. The van der Waals surface area contributed by atoms with Crippen molar-refractivity contribution >= 4 is 17.4 Å². The van der Waals surface area contributed by atoms with Gasteiger partial charge in [0.05, 0.1) is 32.4 Å². The summed E-state index contributed by atoms with van der Waals surface area (Å²) < 4.78 is 15.9. The Morgan fingerprint density at radius 3 is 2.32 bits per heavy atom. The van der Waals surface area contributed by atoms with Gasteiger partial charge in [0.2, 0.25) is 0 Å². The summed E-state index contributed by atoms with van der Waals surface area (Å²) in [5, 5.41) is 13.4. The number of nitrogens with one attached hydrogen (secondary N) is 1. The third-order valence-corrected chi connectivity index (χ3v) is 4.45. The second kappa shape index (κ2) is 8.04. The number of rotatable bonds is 6. The van der Waals surface area contributed by atoms with Gasteiger partial charge in [-0.3, -0.25) is 9.59 Å². The van der Waals surface area contributed by atoms with Gasteiger partial charge in [0, 0.05) is 5.56 Å². The first kappa shape index (κ1) is 19.3. The minimum atomic E-state index is -0.800. The second-order valence-electron chi connectivity index (χ2n) is 6.07. The highest BCUT2D eigenvalue weighted by Crippen LogP contribution is 2.37. The SMILES string of the molecule is CCOc1ccc(C(O)=C2C(=O)C(=O)N[C@@H]2c2ccc(OC)c(OC)c2)cc1. The first-order chi connectivity index (χ1) is 13.5. The van der Waals surface area contributed by atoms with Crippen LogP contribution in [-0.2, 0) is 9.59 Å². The van der Waals surface area contributed by atoms with Gasteiger partial charge in [0.15, 0.2) is 11.5 Å². The zero-order valence-corrected chi connectivity index (χ0v) is 15.8. The van der Waals surface area contributed by atoms with Crippen molar-refractivity contribution in [3.63, 3.8) is 0 Å². The molecule has 1 heterocycles. The predicted molar refractivity (Wildman–Crippen MR) is 103 cm³/mol. The molecule has 0 aliphatic carbocycles. The van der Waals surface area contributed by atoms with Gasteiger partial charge < -0.3 is 24.6 Å². The van der Waals surface area contributed by atoms with Crippen LogP contribution in [0.5, 0.6) is 17.2 Å². The number of benzene rings is 2. The van der Waals surface area contributed by atoms with E-state index in [0.717, 1.165) is 0 Å². The molecule has 1 amide bonds. The minimum Gasteiger partial charge on any atom is -0.507 e. The van der Waals surface area contributed by atoms with E-state index in [9.17, 15) is 14.7 Å².